The molecule has 0 aliphatic carbocycles. The van der Waals surface area contributed by atoms with Gasteiger partial charge in [0.15, 0.2) is 0 Å². The number of ether oxygens (including phenoxy) is 1. The van der Waals surface area contributed by atoms with Crippen LogP contribution < -0.4 is 20.7 Å². The number of likely N-dealkylation sites (N-methyl/N-ethyl adjacent to an activating group) is 1. The highest BCUT2D eigenvalue weighted by Crippen LogP contribution is 2.36. The Kier molecular flexibility index (Phi) is 7.70. The molecule has 0 bridgehead atoms. The molecule has 2 saturated heterocycles. The number of hydrogen-bond acceptors (Lipinski definition) is 5. The third-order valence-electron chi connectivity index (χ3n) is 6.66. The van der Waals surface area contributed by atoms with E-state index in [9.17, 15) is 18.8 Å². The summed E-state index contributed by atoms with van der Waals surface area (Å²) in [4.78, 5) is 42.5. The fraction of sp³-hybridized carbons (Fsp3) is 0.625. The highest BCUT2D eigenvalue weighted by Gasteiger charge is 2.54. The quantitative estimate of drug-likeness (QED) is 0.574. The van der Waals surface area contributed by atoms with Crippen LogP contribution in [-0.4, -0.2) is 85.1 Å². The topological polar surface area (TPSA) is 103 Å². The van der Waals surface area contributed by atoms with Crippen LogP contribution in [0.15, 0.2) is 24.3 Å². The molecular weight excluding hydrogens is 441 g/mol. The molecule has 0 aromatic heterocycles. The second-order valence-electron chi connectivity index (χ2n) is 10.0. The van der Waals surface area contributed by atoms with Crippen LogP contribution in [0.5, 0.6) is 5.75 Å². The molecular formula is C24H36FN5O4. The summed E-state index contributed by atoms with van der Waals surface area (Å²) >= 11 is 0. The van der Waals surface area contributed by atoms with Crippen molar-refractivity contribution in [2.24, 2.45) is 5.41 Å². The molecule has 0 radical (unpaired) electrons. The normalized spacial score (nSPS) is 23.8. The lowest BCUT2D eigenvalue weighted by atomic mass is 9.85. The fourth-order valence-electron chi connectivity index (χ4n) is 4.67. The number of rotatable bonds is 6. The predicted molar refractivity (Wildman–Crippen MR) is 126 cm³/mol. The zero-order valence-electron chi connectivity index (χ0n) is 20.7. The second-order valence-corrected chi connectivity index (χ2v) is 10.0. The van der Waals surface area contributed by atoms with Crippen LogP contribution >= 0.6 is 0 Å². The van der Waals surface area contributed by atoms with Gasteiger partial charge in [-0.1, -0.05) is 20.8 Å². The van der Waals surface area contributed by atoms with Gasteiger partial charge in [0, 0.05) is 13.6 Å². The third-order valence-corrected chi connectivity index (χ3v) is 6.66. The van der Waals surface area contributed by atoms with Crippen molar-refractivity contribution in [1.82, 2.24) is 25.8 Å². The summed E-state index contributed by atoms with van der Waals surface area (Å²) in [5.74, 6) is -0.375. The van der Waals surface area contributed by atoms with Crippen LogP contribution in [0.25, 0.3) is 0 Å². The predicted octanol–water partition coefficient (Wildman–Crippen LogP) is 1.34. The molecule has 188 valence electrons. The summed E-state index contributed by atoms with van der Waals surface area (Å²) in [6.07, 6.45) is 0.108. The Bertz CT molecular complexity index is 904. The van der Waals surface area contributed by atoms with Gasteiger partial charge in [0.05, 0.1) is 24.7 Å². The largest absolute Gasteiger partial charge is 0.486 e. The highest BCUT2D eigenvalue weighted by molar-refractivity contribution is 5.90. The van der Waals surface area contributed by atoms with Crippen molar-refractivity contribution in [1.29, 1.82) is 0 Å². The molecule has 2 aliphatic rings. The summed E-state index contributed by atoms with van der Waals surface area (Å²) in [6, 6.07) is 3.63. The maximum atomic E-state index is 13.8. The molecule has 1 aromatic carbocycles. The first-order valence-electron chi connectivity index (χ1n) is 11.7. The molecule has 5 atom stereocenters. The lowest BCUT2D eigenvalue weighted by molar-refractivity contribution is -0.141. The number of halogens is 1. The lowest BCUT2D eigenvalue weighted by Gasteiger charge is -2.37. The molecule has 34 heavy (non-hydrogen) atoms. The van der Waals surface area contributed by atoms with E-state index in [0.717, 1.165) is 0 Å². The third kappa shape index (κ3) is 5.27. The van der Waals surface area contributed by atoms with Gasteiger partial charge in [-0.2, -0.15) is 0 Å². The smallest absolute Gasteiger partial charge is 0.317 e. The lowest BCUT2D eigenvalue weighted by Crippen LogP contribution is -2.59. The summed E-state index contributed by atoms with van der Waals surface area (Å²) in [7, 11) is 3.25. The Morgan fingerprint density at radius 3 is 2.32 bits per heavy atom. The molecule has 4 amide bonds. The average Bonchev–Trinajstić information content (AvgIpc) is 3.38. The Morgan fingerprint density at radius 1 is 1.12 bits per heavy atom. The first kappa shape index (κ1) is 25.7. The van der Waals surface area contributed by atoms with Crippen molar-refractivity contribution in [2.45, 2.75) is 64.4 Å². The Balaban J connectivity index is 1.89. The van der Waals surface area contributed by atoms with Gasteiger partial charge in [-0.15, -0.1) is 0 Å². The number of nitrogens with zero attached hydrogens (tertiary/aromatic N) is 2. The van der Waals surface area contributed by atoms with Crippen LogP contribution in [0.1, 0.15) is 34.1 Å². The zero-order valence-corrected chi connectivity index (χ0v) is 20.7. The number of carbonyl (C=O) groups is 3. The second kappa shape index (κ2) is 10.2. The van der Waals surface area contributed by atoms with E-state index in [1.54, 1.807) is 30.8 Å². The molecule has 3 rings (SSSR count). The molecule has 10 heteroatoms. The van der Waals surface area contributed by atoms with Crippen molar-refractivity contribution in [2.75, 3.05) is 27.2 Å². The molecule has 0 saturated carbocycles. The van der Waals surface area contributed by atoms with Gasteiger partial charge in [-0.25, -0.2) is 9.18 Å². The van der Waals surface area contributed by atoms with Gasteiger partial charge >= 0.3 is 6.03 Å². The SMILES string of the molecule is CNC(=O)N1C[C@H](Oc2ccc(F)cc2)[C@@H]2[C@H]1CCN2C(=O)[C@@H](NC(=O)[C@H](C)NC)C(C)(C)C. The molecule has 0 unspecified atom stereocenters. The standard InChI is InChI=1S/C24H36FN5O4/c1-14(26-5)21(31)28-20(24(2,3)4)22(32)29-12-11-17-19(29)18(13-30(17)23(33)27-6)34-16-9-7-15(25)8-10-16/h7-10,14,17-20,26H,11-13H2,1-6H3,(H,27,33)(H,28,31)/t14-,17+,18-,19-,20+/m0/s1. The maximum absolute atomic E-state index is 13.8. The fourth-order valence-corrected chi connectivity index (χ4v) is 4.67. The van der Waals surface area contributed by atoms with E-state index in [2.05, 4.69) is 16.0 Å². The van der Waals surface area contributed by atoms with Gasteiger partial charge < -0.3 is 30.5 Å². The van der Waals surface area contributed by atoms with Crippen LogP contribution in [-0.2, 0) is 9.59 Å². The van der Waals surface area contributed by atoms with Crippen molar-refractivity contribution in [3.8, 4) is 5.75 Å². The summed E-state index contributed by atoms with van der Waals surface area (Å²) in [5, 5.41) is 8.47. The van der Waals surface area contributed by atoms with Crippen molar-refractivity contribution in [3.63, 3.8) is 0 Å². The van der Waals surface area contributed by atoms with E-state index in [-0.39, 0.29) is 29.7 Å². The monoisotopic (exact) mass is 477 g/mol. The molecule has 2 heterocycles. The first-order valence-corrected chi connectivity index (χ1v) is 11.7. The van der Waals surface area contributed by atoms with Gasteiger partial charge in [0.1, 0.15) is 23.7 Å². The number of likely N-dealkylation sites (tertiary alicyclic amines) is 2. The summed E-state index contributed by atoms with van der Waals surface area (Å²) in [6.45, 7) is 8.19. The van der Waals surface area contributed by atoms with Crippen molar-refractivity contribution >= 4 is 17.8 Å². The van der Waals surface area contributed by atoms with Crippen LogP contribution in [0.4, 0.5) is 9.18 Å². The first-order chi connectivity index (χ1) is 16.0. The van der Waals surface area contributed by atoms with E-state index < -0.39 is 29.6 Å². The van der Waals surface area contributed by atoms with E-state index in [0.29, 0.717) is 25.3 Å². The van der Waals surface area contributed by atoms with Crippen molar-refractivity contribution < 1.29 is 23.5 Å². The van der Waals surface area contributed by atoms with E-state index in [1.165, 1.54) is 24.3 Å². The van der Waals surface area contributed by atoms with Gasteiger partial charge in [0.2, 0.25) is 11.8 Å². The highest BCUT2D eigenvalue weighted by atomic mass is 19.1. The molecule has 9 nitrogen and oxygen atoms in total. The molecule has 2 aliphatic heterocycles. The minimum Gasteiger partial charge on any atom is -0.486 e. The number of benzene rings is 1. The van der Waals surface area contributed by atoms with Gasteiger partial charge in [-0.3, -0.25) is 9.59 Å². The number of urea groups is 1. The number of nitrogens with one attached hydrogen (secondary N) is 3. The Morgan fingerprint density at radius 2 is 1.76 bits per heavy atom. The van der Waals surface area contributed by atoms with Crippen LogP contribution in [0.3, 0.4) is 0 Å². The van der Waals surface area contributed by atoms with E-state index in [4.69, 9.17) is 4.74 Å². The molecule has 3 N–H and O–H groups in total. The summed E-state index contributed by atoms with van der Waals surface area (Å²) in [5.41, 5.74) is -0.537. The molecule has 0 spiro atoms. The number of fused-ring (bicyclic) bond motifs is 1. The van der Waals surface area contributed by atoms with Crippen LogP contribution in [0.2, 0.25) is 0 Å². The van der Waals surface area contributed by atoms with Gasteiger partial charge in [-0.05, 0) is 50.1 Å². The summed E-state index contributed by atoms with van der Waals surface area (Å²) < 4.78 is 19.5. The minimum absolute atomic E-state index is 0.205. The van der Waals surface area contributed by atoms with Crippen LogP contribution in [0, 0.1) is 11.2 Å². The van der Waals surface area contributed by atoms with E-state index >= 15 is 0 Å². The molecule has 1 aromatic rings. The minimum atomic E-state index is -0.755. The Hall–Kier alpha value is -2.88. The average molecular weight is 478 g/mol. The zero-order chi connectivity index (χ0) is 25.2. The van der Waals surface area contributed by atoms with Crippen molar-refractivity contribution in [3.05, 3.63) is 30.1 Å². The number of hydrogen-bond donors (Lipinski definition) is 3. The maximum Gasteiger partial charge on any atom is 0.317 e. The molecule has 2 fully saturated rings. The number of carbonyl (C=O) groups excluding carboxylic acids is 3. The van der Waals surface area contributed by atoms with E-state index in [1.807, 2.05) is 20.8 Å². The Labute approximate surface area is 200 Å². The number of amides is 4. The van der Waals surface area contributed by atoms with Gasteiger partial charge in [0.25, 0.3) is 0 Å².